The molecule has 3 heterocycles. The largest absolute Gasteiger partial charge is 0.386 e. The zero-order valence-electron chi connectivity index (χ0n) is 17.6. The molecule has 1 saturated carbocycles. The number of β-amino-alcohol motifs (C(OH)–C–C–N with tert-alkyl or cyclic N) is 1. The quantitative estimate of drug-likeness (QED) is 0.494. The molecule has 1 aliphatic heterocycles. The van der Waals surface area contributed by atoms with E-state index in [1.807, 2.05) is 13.0 Å². The van der Waals surface area contributed by atoms with Crippen LogP contribution >= 0.6 is 12.4 Å². The fourth-order valence-corrected chi connectivity index (χ4v) is 3.90. The normalized spacial score (nSPS) is 17.7. The van der Waals surface area contributed by atoms with E-state index >= 15 is 0 Å². The summed E-state index contributed by atoms with van der Waals surface area (Å²) in [6, 6.07) is 8.06. The molecular formula is C22H25ClFN7O. The summed E-state index contributed by atoms with van der Waals surface area (Å²) in [6.45, 7) is 3.09. The van der Waals surface area contributed by atoms with Gasteiger partial charge in [0, 0.05) is 18.5 Å². The smallest absolute Gasteiger partial charge is 0.227 e. The van der Waals surface area contributed by atoms with Gasteiger partial charge in [0.1, 0.15) is 28.9 Å². The average Bonchev–Trinajstić information content (AvgIpc) is 3.58. The van der Waals surface area contributed by atoms with E-state index in [0.29, 0.717) is 36.6 Å². The predicted octanol–water partition coefficient (Wildman–Crippen LogP) is 3.71. The number of rotatable bonds is 7. The summed E-state index contributed by atoms with van der Waals surface area (Å²) < 4.78 is 13.3. The van der Waals surface area contributed by atoms with Crippen LogP contribution in [0.15, 0.2) is 48.9 Å². The fraction of sp³-hybridized carbons (Fsp3) is 0.364. The van der Waals surface area contributed by atoms with E-state index in [9.17, 15) is 9.50 Å². The zero-order valence-corrected chi connectivity index (χ0v) is 18.4. The van der Waals surface area contributed by atoms with Crippen molar-refractivity contribution in [2.45, 2.75) is 31.4 Å². The van der Waals surface area contributed by atoms with E-state index < -0.39 is 5.60 Å². The summed E-state index contributed by atoms with van der Waals surface area (Å²) >= 11 is 0. The number of benzene rings is 1. The molecule has 2 aliphatic rings. The Hall–Kier alpha value is -3.04. The SMILES string of the molecule is CC(Nc1nc(Nc2cnccn2)cc(N2CC(O)(C3CC3)C2)n1)c1ccc(F)cc1.Cl. The highest BCUT2D eigenvalue weighted by atomic mass is 35.5. The van der Waals surface area contributed by atoms with Crippen molar-refractivity contribution in [1.29, 1.82) is 0 Å². The third-order valence-electron chi connectivity index (χ3n) is 5.84. The van der Waals surface area contributed by atoms with Crippen LogP contribution < -0.4 is 15.5 Å². The molecule has 3 N–H and O–H groups in total. The summed E-state index contributed by atoms with van der Waals surface area (Å²) in [4.78, 5) is 19.6. The van der Waals surface area contributed by atoms with Crippen LogP contribution in [0, 0.1) is 11.7 Å². The molecule has 1 aromatic carbocycles. The zero-order chi connectivity index (χ0) is 21.4. The first-order valence-electron chi connectivity index (χ1n) is 10.4. The number of anilines is 4. The van der Waals surface area contributed by atoms with Crippen LogP contribution in [0.3, 0.4) is 0 Å². The molecule has 0 amide bonds. The van der Waals surface area contributed by atoms with Gasteiger partial charge in [0.2, 0.25) is 5.95 Å². The van der Waals surface area contributed by atoms with E-state index in [1.165, 1.54) is 12.1 Å². The molecule has 32 heavy (non-hydrogen) atoms. The molecule has 1 unspecified atom stereocenters. The van der Waals surface area contributed by atoms with Crippen molar-refractivity contribution < 1.29 is 9.50 Å². The van der Waals surface area contributed by atoms with E-state index in [-0.39, 0.29) is 24.3 Å². The van der Waals surface area contributed by atoms with Gasteiger partial charge in [-0.15, -0.1) is 12.4 Å². The van der Waals surface area contributed by atoms with Crippen molar-refractivity contribution in [2.75, 3.05) is 28.6 Å². The molecular weight excluding hydrogens is 433 g/mol. The van der Waals surface area contributed by atoms with Gasteiger partial charge in [-0.25, -0.2) is 9.37 Å². The Bertz CT molecular complexity index is 1060. The number of aromatic nitrogens is 4. The van der Waals surface area contributed by atoms with Crippen LogP contribution in [-0.2, 0) is 0 Å². The Balaban J connectivity index is 0.00000245. The van der Waals surface area contributed by atoms with Gasteiger partial charge in [-0.1, -0.05) is 12.1 Å². The van der Waals surface area contributed by atoms with Gasteiger partial charge < -0.3 is 20.6 Å². The van der Waals surface area contributed by atoms with Gasteiger partial charge in [0.25, 0.3) is 0 Å². The van der Waals surface area contributed by atoms with Crippen molar-refractivity contribution in [3.8, 4) is 0 Å². The molecule has 1 saturated heterocycles. The molecule has 1 aliphatic carbocycles. The number of nitrogens with zero attached hydrogens (tertiary/aromatic N) is 5. The van der Waals surface area contributed by atoms with Crippen LogP contribution in [0.5, 0.6) is 0 Å². The lowest BCUT2D eigenvalue weighted by Gasteiger charge is -2.47. The van der Waals surface area contributed by atoms with Crippen molar-refractivity contribution >= 4 is 35.8 Å². The van der Waals surface area contributed by atoms with Crippen molar-refractivity contribution in [1.82, 2.24) is 19.9 Å². The number of hydrogen-bond donors (Lipinski definition) is 3. The van der Waals surface area contributed by atoms with Crippen molar-refractivity contribution in [3.63, 3.8) is 0 Å². The highest BCUT2D eigenvalue weighted by molar-refractivity contribution is 5.85. The van der Waals surface area contributed by atoms with Gasteiger partial charge >= 0.3 is 0 Å². The third kappa shape index (κ3) is 4.73. The maximum atomic E-state index is 13.3. The molecule has 168 valence electrons. The molecule has 2 aromatic heterocycles. The number of nitrogens with one attached hydrogen (secondary N) is 2. The Kier molecular flexibility index (Phi) is 6.12. The molecule has 8 nitrogen and oxygen atoms in total. The lowest BCUT2D eigenvalue weighted by atomic mass is 9.89. The van der Waals surface area contributed by atoms with E-state index in [2.05, 4.69) is 35.5 Å². The fourth-order valence-electron chi connectivity index (χ4n) is 3.90. The second-order valence-corrected chi connectivity index (χ2v) is 8.30. The molecule has 0 spiro atoms. The minimum Gasteiger partial charge on any atom is -0.386 e. The molecule has 0 radical (unpaired) electrons. The Morgan fingerprint density at radius 1 is 1.12 bits per heavy atom. The van der Waals surface area contributed by atoms with Gasteiger partial charge in [-0.05, 0) is 43.4 Å². The minimum atomic E-state index is -0.613. The molecule has 2 fully saturated rings. The Morgan fingerprint density at radius 2 is 1.88 bits per heavy atom. The van der Waals surface area contributed by atoms with E-state index in [0.717, 1.165) is 24.2 Å². The first-order chi connectivity index (χ1) is 15.0. The first kappa shape index (κ1) is 22.2. The maximum absolute atomic E-state index is 13.3. The van der Waals surface area contributed by atoms with Crippen LogP contribution in [0.4, 0.5) is 27.8 Å². The van der Waals surface area contributed by atoms with Gasteiger partial charge in [0.15, 0.2) is 0 Å². The molecule has 3 aromatic rings. The highest BCUT2D eigenvalue weighted by Crippen LogP contribution is 2.45. The van der Waals surface area contributed by atoms with Crippen molar-refractivity contribution in [3.05, 3.63) is 60.3 Å². The Labute approximate surface area is 191 Å². The van der Waals surface area contributed by atoms with Gasteiger partial charge in [-0.3, -0.25) is 4.98 Å². The van der Waals surface area contributed by atoms with E-state index in [1.54, 1.807) is 30.7 Å². The standard InChI is InChI=1S/C22H24FN7O.ClH/c1-14(15-2-6-17(23)7-3-15)26-21-28-18(27-19-11-24-8-9-25-19)10-20(29-21)30-12-22(31,13-30)16-4-5-16;/h2-3,6-11,14,16,31H,4-5,12-13H2,1H3,(H2,25,26,27,28,29);1H. The molecule has 0 bridgehead atoms. The monoisotopic (exact) mass is 457 g/mol. The third-order valence-corrected chi connectivity index (χ3v) is 5.84. The maximum Gasteiger partial charge on any atom is 0.227 e. The lowest BCUT2D eigenvalue weighted by molar-refractivity contribution is -0.00973. The Morgan fingerprint density at radius 3 is 2.53 bits per heavy atom. The summed E-state index contributed by atoms with van der Waals surface area (Å²) in [5, 5.41) is 17.2. The van der Waals surface area contributed by atoms with Crippen LogP contribution in [0.1, 0.15) is 31.4 Å². The summed E-state index contributed by atoms with van der Waals surface area (Å²) in [7, 11) is 0. The number of halogens is 2. The second-order valence-electron chi connectivity index (χ2n) is 8.30. The average molecular weight is 458 g/mol. The molecule has 5 rings (SSSR count). The summed E-state index contributed by atoms with van der Waals surface area (Å²) in [6.07, 6.45) is 7.01. The van der Waals surface area contributed by atoms with Gasteiger partial charge in [-0.2, -0.15) is 9.97 Å². The van der Waals surface area contributed by atoms with Crippen LogP contribution in [-0.4, -0.2) is 43.7 Å². The summed E-state index contributed by atoms with van der Waals surface area (Å²) in [5.41, 5.74) is 0.309. The van der Waals surface area contributed by atoms with Crippen molar-refractivity contribution in [2.24, 2.45) is 5.92 Å². The van der Waals surface area contributed by atoms with Gasteiger partial charge in [0.05, 0.1) is 25.3 Å². The van der Waals surface area contributed by atoms with Crippen LogP contribution in [0.25, 0.3) is 0 Å². The van der Waals surface area contributed by atoms with E-state index in [4.69, 9.17) is 0 Å². The first-order valence-corrected chi connectivity index (χ1v) is 10.4. The summed E-state index contributed by atoms with van der Waals surface area (Å²) in [5.74, 6) is 2.43. The lowest BCUT2D eigenvalue weighted by Crippen LogP contribution is -2.63. The second kappa shape index (κ2) is 8.84. The minimum absolute atomic E-state index is 0. The topological polar surface area (TPSA) is 99.1 Å². The number of hydrogen-bond acceptors (Lipinski definition) is 8. The highest BCUT2D eigenvalue weighted by Gasteiger charge is 2.52. The molecule has 10 heteroatoms. The predicted molar refractivity (Wildman–Crippen MR) is 123 cm³/mol. The van der Waals surface area contributed by atoms with Crippen LogP contribution in [0.2, 0.25) is 0 Å². The molecule has 1 atom stereocenters. The number of aliphatic hydroxyl groups is 1.